The lowest BCUT2D eigenvalue weighted by Gasteiger charge is -2.21. The maximum atomic E-state index is 8.66. The lowest BCUT2D eigenvalue weighted by atomic mass is 9.98. The summed E-state index contributed by atoms with van der Waals surface area (Å²) in [6.45, 7) is 9.42. The van der Waals surface area contributed by atoms with E-state index < -0.39 is 0 Å². The Labute approximate surface area is 97.0 Å². The van der Waals surface area contributed by atoms with Crippen molar-refractivity contribution >= 4 is 0 Å². The molecule has 0 aliphatic carbocycles. The molecule has 0 aromatic carbocycles. The molecule has 0 heterocycles. The average Bonchev–Trinajstić information content (AvgIpc) is 1.98. The highest BCUT2D eigenvalue weighted by molar-refractivity contribution is 4.63. The van der Waals surface area contributed by atoms with Gasteiger partial charge in [-0.25, -0.2) is 0 Å². The van der Waals surface area contributed by atoms with E-state index in [0.717, 1.165) is 12.8 Å². The minimum Gasteiger partial charge on any atom is -0.394 e. The molecule has 2 nitrogen and oxygen atoms in total. The molecule has 0 spiro atoms. The van der Waals surface area contributed by atoms with Crippen LogP contribution in [0.4, 0.5) is 0 Å². The molecule has 0 aliphatic rings. The molecular weight excluding hydrogens is 188 g/mol. The zero-order valence-corrected chi connectivity index (χ0v) is 9.42. The van der Waals surface area contributed by atoms with Crippen molar-refractivity contribution in [3.63, 3.8) is 0 Å². The Morgan fingerprint density at radius 2 is 1.33 bits per heavy atom. The number of aliphatic hydroxyl groups excluding tert-OH is 1. The van der Waals surface area contributed by atoms with Crippen molar-refractivity contribution in [3.8, 4) is 0 Å². The van der Waals surface area contributed by atoms with Gasteiger partial charge in [0.1, 0.15) is 0 Å². The molecule has 15 heavy (non-hydrogen) atoms. The van der Waals surface area contributed by atoms with Gasteiger partial charge in [-0.2, -0.15) is 0 Å². The van der Waals surface area contributed by atoms with Crippen LogP contribution < -0.4 is 0 Å². The zero-order chi connectivity index (χ0) is 10.3. The highest BCUT2D eigenvalue weighted by atomic mass is 16.5. The van der Waals surface area contributed by atoms with Crippen LogP contribution in [0.2, 0.25) is 0 Å². The monoisotopic (exact) mass is 220 g/mol. The first-order valence-corrected chi connectivity index (χ1v) is 5.28. The van der Waals surface area contributed by atoms with Crippen LogP contribution in [0, 0.1) is 11.8 Å². The Balaban J connectivity index is -0.000000720. The number of aliphatic hydroxyl groups is 1. The van der Waals surface area contributed by atoms with Gasteiger partial charge in [0.2, 0.25) is 0 Å². The Bertz CT molecular complexity index is 101. The highest BCUT2D eigenvalue weighted by Gasteiger charge is 2.12. The Morgan fingerprint density at radius 1 is 0.933 bits per heavy atom. The first-order valence-electron chi connectivity index (χ1n) is 5.28. The maximum absolute atomic E-state index is 8.66. The van der Waals surface area contributed by atoms with Gasteiger partial charge < -0.3 is 9.84 Å². The van der Waals surface area contributed by atoms with Gasteiger partial charge in [0.05, 0.1) is 19.3 Å². The molecular formula is C13H32O2. The minimum absolute atomic E-state index is 0. The van der Waals surface area contributed by atoms with Crippen molar-refractivity contribution in [1.82, 2.24) is 0 Å². The van der Waals surface area contributed by atoms with Crippen LogP contribution in [-0.4, -0.2) is 24.4 Å². The summed E-state index contributed by atoms with van der Waals surface area (Å²) in [7, 11) is 0. The van der Waals surface area contributed by atoms with Gasteiger partial charge in [-0.05, 0) is 24.7 Å². The zero-order valence-electron chi connectivity index (χ0n) is 9.42. The molecule has 2 heteroatoms. The summed E-state index contributed by atoms with van der Waals surface area (Å²) in [6.07, 6.45) is 2.52. The van der Waals surface area contributed by atoms with Crippen LogP contribution >= 0.6 is 0 Å². The molecule has 0 aromatic rings. The van der Waals surface area contributed by atoms with Crippen molar-refractivity contribution < 1.29 is 9.84 Å². The number of ether oxygens (including phenoxy) is 1. The van der Waals surface area contributed by atoms with E-state index >= 15 is 0 Å². The standard InChI is InChI=1S/C11H24O2.2CH4/c1-9(2)7-11(8-10(3)4)13-6-5-12;;/h9-12H,5-8H2,1-4H3;2*1H4. The topological polar surface area (TPSA) is 29.5 Å². The molecule has 0 saturated carbocycles. The van der Waals surface area contributed by atoms with Crippen LogP contribution in [0.1, 0.15) is 55.4 Å². The minimum atomic E-state index is 0. The largest absolute Gasteiger partial charge is 0.394 e. The molecule has 0 rings (SSSR count). The van der Waals surface area contributed by atoms with Crippen LogP contribution in [0.3, 0.4) is 0 Å². The van der Waals surface area contributed by atoms with Gasteiger partial charge >= 0.3 is 0 Å². The van der Waals surface area contributed by atoms with E-state index in [1.54, 1.807) is 0 Å². The fraction of sp³-hybridized carbons (Fsp3) is 1.00. The third-order valence-corrected chi connectivity index (χ3v) is 1.91. The van der Waals surface area contributed by atoms with Crippen molar-refractivity contribution in [3.05, 3.63) is 0 Å². The van der Waals surface area contributed by atoms with E-state index in [4.69, 9.17) is 9.84 Å². The predicted molar refractivity (Wildman–Crippen MR) is 69.2 cm³/mol. The lowest BCUT2D eigenvalue weighted by Crippen LogP contribution is -2.19. The van der Waals surface area contributed by atoms with E-state index in [2.05, 4.69) is 27.7 Å². The van der Waals surface area contributed by atoms with Crippen molar-refractivity contribution in [2.75, 3.05) is 13.2 Å². The number of rotatable bonds is 7. The number of hydrogen-bond acceptors (Lipinski definition) is 2. The van der Waals surface area contributed by atoms with Crippen molar-refractivity contribution in [1.29, 1.82) is 0 Å². The molecule has 0 amide bonds. The third kappa shape index (κ3) is 13.9. The Morgan fingerprint density at radius 3 is 1.60 bits per heavy atom. The quantitative estimate of drug-likeness (QED) is 0.708. The van der Waals surface area contributed by atoms with Crippen LogP contribution in [0.15, 0.2) is 0 Å². The normalized spacial score (nSPS) is 10.4. The van der Waals surface area contributed by atoms with Crippen molar-refractivity contribution in [2.45, 2.75) is 61.5 Å². The Kier molecular flexibility index (Phi) is 16.3. The summed E-state index contributed by atoms with van der Waals surface area (Å²) >= 11 is 0. The molecule has 0 atom stereocenters. The molecule has 0 aliphatic heterocycles. The van der Waals surface area contributed by atoms with E-state index in [0.29, 0.717) is 24.5 Å². The third-order valence-electron chi connectivity index (χ3n) is 1.91. The van der Waals surface area contributed by atoms with E-state index in [1.807, 2.05) is 0 Å². The second-order valence-corrected chi connectivity index (χ2v) is 4.48. The maximum Gasteiger partial charge on any atom is 0.0701 e. The summed E-state index contributed by atoms with van der Waals surface area (Å²) in [4.78, 5) is 0. The summed E-state index contributed by atoms with van der Waals surface area (Å²) in [5, 5.41) is 8.66. The van der Waals surface area contributed by atoms with Gasteiger partial charge in [0, 0.05) is 0 Å². The van der Waals surface area contributed by atoms with Crippen LogP contribution in [-0.2, 0) is 4.74 Å². The van der Waals surface area contributed by atoms with E-state index in [-0.39, 0.29) is 21.5 Å². The number of hydrogen-bond donors (Lipinski definition) is 1. The SMILES string of the molecule is C.C.CC(C)CC(CC(C)C)OCCO. The van der Waals surface area contributed by atoms with Gasteiger partial charge in [-0.1, -0.05) is 42.5 Å². The van der Waals surface area contributed by atoms with Gasteiger partial charge in [-0.3, -0.25) is 0 Å². The molecule has 0 unspecified atom stereocenters. The molecule has 0 bridgehead atoms. The average molecular weight is 220 g/mol. The van der Waals surface area contributed by atoms with Crippen LogP contribution in [0.5, 0.6) is 0 Å². The molecule has 0 radical (unpaired) electrons. The molecule has 0 fully saturated rings. The highest BCUT2D eigenvalue weighted by Crippen LogP contribution is 2.16. The lowest BCUT2D eigenvalue weighted by molar-refractivity contribution is 0.00648. The van der Waals surface area contributed by atoms with Crippen LogP contribution in [0.25, 0.3) is 0 Å². The predicted octanol–water partition coefficient (Wildman–Crippen LogP) is 3.73. The summed E-state index contributed by atoms with van der Waals surface area (Å²) in [6, 6.07) is 0. The summed E-state index contributed by atoms with van der Waals surface area (Å²) in [5.41, 5.74) is 0. The Hall–Kier alpha value is -0.0800. The summed E-state index contributed by atoms with van der Waals surface area (Å²) in [5.74, 6) is 1.34. The summed E-state index contributed by atoms with van der Waals surface area (Å²) < 4.78 is 5.56. The molecule has 96 valence electrons. The molecule has 1 N–H and O–H groups in total. The van der Waals surface area contributed by atoms with Gasteiger partial charge in [0.15, 0.2) is 0 Å². The second kappa shape index (κ2) is 12.0. The molecule has 0 aromatic heterocycles. The smallest absolute Gasteiger partial charge is 0.0701 e. The van der Waals surface area contributed by atoms with E-state index in [9.17, 15) is 0 Å². The first kappa shape index (κ1) is 20.3. The van der Waals surface area contributed by atoms with Gasteiger partial charge in [-0.15, -0.1) is 0 Å². The second-order valence-electron chi connectivity index (χ2n) is 4.48. The first-order chi connectivity index (χ1) is 6.06. The van der Waals surface area contributed by atoms with Crippen molar-refractivity contribution in [2.24, 2.45) is 11.8 Å². The van der Waals surface area contributed by atoms with Gasteiger partial charge in [0.25, 0.3) is 0 Å². The van der Waals surface area contributed by atoms with E-state index in [1.165, 1.54) is 0 Å². The molecule has 0 saturated heterocycles. The fourth-order valence-electron chi connectivity index (χ4n) is 1.50. The fourth-order valence-corrected chi connectivity index (χ4v) is 1.50.